The summed E-state index contributed by atoms with van der Waals surface area (Å²) < 4.78 is 0. The first-order chi connectivity index (χ1) is 9.88. The molecule has 1 aromatic carbocycles. The number of imide groups is 1. The average molecular weight is 289 g/mol. The van der Waals surface area contributed by atoms with Crippen molar-refractivity contribution in [2.24, 2.45) is 5.92 Å². The molecule has 0 radical (unpaired) electrons. The number of rotatable bonds is 4. The largest absolute Gasteiger partial charge is 0.326 e. The Bertz CT molecular complexity index is 583. The molecule has 0 saturated carbocycles. The Morgan fingerprint density at radius 2 is 2.10 bits per heavy atom. The minimum Gasteiger partial charge on any atom is -0.326 e. The third kappa shape index (κ3) is 3.39. The third-order valence-corrected chi connectivity index (χ3v) is 3.25. The highest BCUT2D eigenvalue weighted by Gasteiger charge is 2.36. The van der Waals surface area contributed by atoms with Crippen molar-refractivity contribution in [1.82, 2.24) is 10.2 Å². The first kappa shape index (κ1) is 15.0. The quantitative estimate of drug-likeness (QED) is 0.831. The van der Waals surface area contributed by atoms with Crippen LogP contribution in [0.2, 0.25) is 0 Å². The second kappa shape index (κ2) is 5.95. The van der Waals surface area contributed by atoms with Gasteiger partial charge >= 0.3 is 6.03 Å². The van der Waals surface area contributed by atoms with Crippen LogP contribution in [-0.4, -0.2) is 29.8 Å². The number of hydrogen-bond donors (Lipinski definition) is 2. The predicted octanol–water partition coefficient (Wildman–Crippen LogP) is 1.89. The van der Waals surface area contributed by atoms with Crippen molar-refractivity contribution in [1.29, 1.82) is 0 Å². The van der Waals surface area contributed by atoms with E-state index in [4.69, 9.17) is 0 Å². The second-order valence-corrected chi connectivity index (χ2v) is 5.55. The van der Waals surface area contributed by atoms with Gasteiger partial charge in [0.2, 0.25) is 5.91 Å². The van der Waals surface area contributed by atoms with E-state index in [1.54, 1.807) is 24.3 Å². The van der Waals surface area contributed by atoms with E-state index < -0.39 is 12.1 Å². The molecule has 2 N–H and O–H groups in total. The standard InChI is InChI=1S/C15H19N3O3/c1-9(2)7-12(19)16-11-6-4-5-10(8-11)13-14(20)18(3)15(21)17-13/h4-6,8-9,13H,7H2,1-3H3,(H,16,19)(H,17,21). The molecule has 1 heterocycles. The fraction of sp³-hybridized carbons (Fsp3) is 0.400. The summed E-state index contributed by atoms with van der Waals surface area (Å²) in [6, 6.07) is 5.86. The van der Waals surface area contributed by atoms with Gasteiger partial charge in [-0.05, 0) is 23.6 Å². The molecule has 1 fully saturated rings. The summed E-state index contributed by atoms with van der Waals surface area (Å²) in [5, 5.41) is 5.41. The lowest BCUT2D eigenvalue weighted by Crippen LogP contribution is -2.25. The van der Waals surface area contributed by atoms with Crippen molar-refractivity contribution in [3.05, 3.63) is 29.8 Å². The zero-order valence-electron chi connectivity index (χ0n) is 12.3. The number of hydrogen-bond acceptors (Lipinski definition) is 3. The molecular formula is C15H19N3O3. The number of carbonyl (C=O) groups is 3. The summed E-state index contributed by atoms with van der Waals surface area (Å²) >= 11 is 0. The van der Waals surface area contributed by atoms with Crippen LogP contribution in [-0.2, 0) is 9.59 Å². The molecule has 1 aliphatic rings. The van der Waals surface area contributed by atoms with Crippen molar-refractivity contribution in [3.8, 4) is 0 Å². The molecule has 1 aliphatic heterocycles. The maximum atomic E-state index is 12.0. The van der Waals surface area contributed by atoms with Crippen LogP contribution in [0.4, 0.5) is 10.5 Å². The highest BCUT2D eigenvalue weighted by atomic mass is 16.2. The summed E-state index contributed by atoms with van der Waals surface area (Å²) in [5.41, 5.74) is 1.27. The van der Waals surface area contributed by atoms with Gasteiger partial charge in [0.25, 0.3) is 5.91 Å². The summed E-state index contributed by atoms with van der Waals surface area (Å²) in [6.45, 7) is 3.94. The van der Waals surface area contributed by atoms with E-state index >= 15 is 0 Å². The Morgan fingerprint density at radius 3 is 2.67 bits per heavy atom. The highest BCUT2D eigenvalue weighted by molar-refractivity contribution is 6.04. The fourth-order valence-electron chi connectivity index (χ4n) is 2.18. The van der Waals surface area contributed by atoms with E-state index in [0.717, 1.165) is 4.90 Å². The molecule has 4 amide bonds. The molecule has 1 unspecified atom stereocenters. The number of nitrogens with one attached hydrogen (secondary N) is 2. The van der Waals surface area contributed by atoms with Gasteiger partial charge < -0.3 is 10.6 Å². The van der Waals surface area contributed by atoms with E-state index in [9.17, 15) is 14.4 Å². The van der Waals surface area contributed by atoms with Gasteiger partial charge in [0.1, 0.15) is 6.04 Å². The molecular weight excluding hydrogens is 270 g/mol. The topological polar surface area (TPSA) is 78.5 Å². The Labute approximate surface area is 123 Å². The van der Waals surface area contributed by atoms with Crippen LogP contribution < -0.4 is 10.6 Å². The smallest absolute Gasteiger partial charge is 0.324 e. The first-order valence-electron chi connectivity index (χ1n) is 6.86. The molecule has 1 aromatic rings. The average Bonchev–Trinajstić information content (AvgIpc) is 2.66. The normalized spacial score (nSPS) is 18.1. The molecule has 6 heteroatoms. The van der Waals surface area contributed by atoms with Crippen LogP contribution in [0, 0.1) is 5.92 Å². The number of benzene rings is 1. The Balaban J connectivity index is 2.13. The van der Waals surface area contributed by atoms with Gasteiger partial charge in [-0.2, -0.15) is 0 Å². The summed E-state index contributed by atoms with van der Waals surface area (Å²) in [4.78, 5) is 36.2. The predicted molar refractivity (Wildman–Crippen MR) is 78.6 cm³/mol. The Kier molecular flexibility index (Phi) is 4.26. The van der Waals surface area contributed by atoms with Crippen molar-refractivity contribution < 1.29 is 14.4 Å². The number of amides is 4. The number of anilines is 1. The number of carbonyl (C=O) groups excluding carboxylic acids is 3. The summed E-state index contributed by atoms with van der Waals surface area (Å²) in [7, 11) is 1.44. The van der Waals surface area contributed by atoms with Gasteiger partial charge in [0.15, 0.2) is 0 Å². The van der Waals surface area contributed by atoms with E-state index in [1.165, 1.54) is 7.05 Å². The number of likely N-dealkylation sites (N-methyl/N-ethyl adjacent to an activating group) is 1. The van der Waals surface area contributed by atoms with Crippen molar-refractivity contribution in [2.75, 3.05) is 12.4 Å². The van der Waals surface area contributed by atoms with Crippen LogP contribution >= 0.6 is 0 Å². The monoisotopic (exact) mass is 289 g/mol. The van der Waals surface area contributed by atoms with Crippen LogP contribution in [0.25, 0.3) is 0 Å². The molecule has 2 rings (SSSR count). The molecule has 21 heavy (non-hydrogen) atoms. The molecule has 1 atom stereocenters. The summed E-state index contributed by atoms with van der Waals surface area (Å²) in [6.07, 6.45) is 0.437. The molecule has 0 bridgehead atoms. The number of urea groups is 1. The lowest BCUT2D eigenvalue weighted by molar-refractivity contribution is -0.126. The van der Waals surface area contributed by atoms with Crippen molar-refractivity contribution in [2.45, 2.75) is 26.3 Å². The van der Waals surface area contributed by atoms with E-state index in [-0.39, 0.29) is 17.7 Å². The lowest BCUT2D eigenvalue weighted by Gasteiger charge is -2.11. The lowest BCUT2D eigenvalue weighted by atomic mass is 10.1. The zero-order chi connectivity index (χ0) is 15.6. The minimum absolute atomic E-state index is 0.0685. The molecule has 1 saturated heterocycles. The maximum absolute atomic E-state index is 12.0. The van der Waals surface area contributed by atoms with Gasteiger partial charge in [-0.3, -0.25) is 14.5 Å². The molecule has 6 nitrogen and oxygen atoms in total. The van der Waals surface area contributed by atoms with Crippen molar-refractivity contribution in [3.63, 3.8) is 0 Å². The van der Waals surface area contributed by atoms with Crippen LogP contribution in [0.1, 0.15) is 31.9 Å². The highest BCUT2D eigenvalue weighted by Crippen LogP contribution is 2.23. The Morgan fingerprint density at radius 1 is 1.38 bits per heavy atom. The summed E-state index contributed by atoms with van der Waals surface area (Å²) in [5.74, 6) is -0.0933. The zero-order valence-corrected chi connectivity index (χ0v) is 12.3. The molecule has 0 aromatic heterocycles. The van der Waals surface area contributed by atoms with E-state index in [2.05, 4.69) is 10.6 Å². The second-order valence-electron chi connectivity index (χ2n) is 5.55. The Hall–Kier alpha value is -2.37. The minimum atomic E-state index is -0.690. The van der Waals surface area contributed by atoms with Gasteiger partial charge in [-0.15, -0.1) is 0 Å². The van der Waals surface area contributed by atoms with Gasteiger partial charge in [-0.25, -0.2) is 4.79 Å². The molecule has 0 aliphatic carbocycles. The SMILES string of the molecule is CC(C)CC(=O)Nc1cccc(C2NC(=O)N(C)C2=O)c1. The maximum Gasteiger partial charge on any atom is 0.324 e. The van der Waals surface area contributed by atoms with Crippen LogP contribution in [0.15, 0.2) is 24.3 Å². The van der Waals surface area contributed by atoms with Gasteiger partial charge in [-0.1, -0.05) is 26.0 Å². The van der Waals surface area contributed by atoms with Gasteiger partial charge in [0, 0.05) is 19.2 Å². The molecule has 112 valence electrons. The van der Waals surface area contributed by atoms with E-state index in [0.29, 0.717) is 17.7 Å². The van der Waals surface area contributed by atoms with Crippen molar-refractivity contribution >= 4 is 23.5 Å². The van der Waals surface area contributed by atoms with Crippen LogP contribution in [0.5, 0.6) is 0 Å². The first-order valence-corrected chi connectivity index (χ1v) is 6.86. The van der Waals surface area contributed by atoms with E-state index in [1.807, 2.05) is 13.8 Å². The third-order valence-electron chi connectivity index (χ3n) is 3.25. The fourth-order valence-corrected chi connectivity index (χ4v) is 2.18. The molecule has 0 spiro atoms. The number of nitrogens with zero attached hydrogens (tertiary/aromatic N) is 1. The van der Waals surface area contributed by atoms with Crippen LogP contribution in [0.3, 0.4) is 0 Å². The van der Waals surface area contributed by atoms with Gasteiger partial charge in [0.05, 0.1) is 0 Å².